The Balaban J connectivity index is 1.63. The van der Waals surface area contributed by atoms with Crippen LogP contribution in [0.4, 0.5) is 0 Å². The van der Waals surface area contributed by atoms with E-state index < -0.39 is 0 Å². The molecule has 1 aromatic rings. The average molecular weight is 291 g/mol. The van der Waals surface area contributed by atoms with Gasteiger partial charge in [0.1, 0.15) is 0 Å². The zero-order chi connectivity index (χ0) is 15.1. The van der Waals surface area contributed by atoms with Gasteiger partial charge in [-0.15, -0.1) is 0 Å². The average Bonchev–Trinajstić information content (AvgIpc) is 2.93. The zero-order valence-electron chi connectivity index (χ0n) is 13.0. The number of fused-ring (bicyclic) bond motifs is 1. The molecule has 1 heterocycles. The van der Waals surface area contributed by atoms with E-state index in [1.165, 1.54) is 25.7 Å². The van der Waals surface area contributed by atoms with Crippen molar-refractivity contribution in [2.45, 2.75) is 46.0 Å². The lowest BCUT2D eigenvalue weighted by atomic mass is 10.0. The predicted molar refractivity (Wildman–Crippen MR) is 82.8 cm³/mol. The minimum Gasteiger partial charge on any atom is -0.454 e. The van der Waals surface area contributed by atoms with Gasteiger partial charge in [0, 0.05) is 12.1 Å². The first-order valence-corrected chi connectivity index (χ1v) is 7.84. The highest BCUT2D eigenvalue weighted by Gasteiger charge is 2.15. The van der Waals surface area contributed by atoms with Crippen LogP contribution in [0.15, 0.2) is 18.2 Å². The lowest BCUT2D eigenvalue weighted by molar-refractivity contribution is 0.0952. The first kappa shape index (κ1) is 15.7. The molecule has 0 unspecified atom stereocenters. The Bertz CT molecular complexity index is 471. The van der Waals surface area contributed by atoms with Gasteiger partial charge in [-0.25, -0.2) is 0 Å². The van der Waals surface area contributed by atoms with Crippen LogP contribution in [0, 0.1) is 5.92 Å². The van der Waals surface area contributed by atoms with Crippen molar-refractivity contribution in [2.75, 3.05) is 13.3 Å². The summed E-state index contributed by atoms with van der Waals surface area (Å²) in [6.45, 7) is 5.48. The normalized spacial score (nSPS) is 12.7. The molecule has 0 aliphatic carbocycles. The number of unbranched alkanes of at least 4 members (excludes halogenated alkanes) is 3. The largest absolute Gasteiger partial charge is 0.454 e. The summed E-state index contributed by atoms with van der Waals surface area (Å²) in [6, 6.07) is 5.29. The number of hydrogen-bond acceptors (Lipinski definition) is 3. The molecule has 2 rings (SSSR count). The number of carbonyl (C=O) groups is 1. The molecule has 0 saturated heterocycles. The van der Waals surface area contributed by atoms with Gasteiger partial charge in [-0.1, -0.05) is 39.5 Å². The Labute approximate surface area is 126 Å². The molecule has 21 heavy (non-hydrogen) atoms. The van der Waals surface area contributed by atoms with E-state index in [4.69, 9.17) is 9.47 Å². The van der Waals surface area contributed by atoms with Crippen LogP contribution >= 0.6 is 0 Å². The lowest BCUT2D eigenvalue weighted by Gasteiger charge is -2.07. The highest BCUT2D eigenvalue weighted by molar-refractivity contribution is 5.94. The van der Waals surface area contributed by atoms with E-state index in [9.17, 15) is 4.79 Å². The third-order valence-electron chi connectivity index (χ3n) is 3.63. The Kier molecular flexibility index (Phi) is 5.90. The van der Waals surface area contributed by atoms with Crippen molar-refractivity contribution in [2.24, 2.45) is 5.92 Å². The molecule has 0 saturated carbocycles. The molecule has 0 bridgehead atoms. The Morgan fingerprint density at radius 1 is 1.14 bits per heavy atom. The van der Waals surface area contributed by atoms with Crippen molar-refractivity contribution < 1.29 is 14.3 Å². The lowest BCUT2D eigenvalue weighted by Crippen LogP contribution is -2.24. The van der Waals surface area contributed by atoms with Crippen LogP contribution in [0.5, 0.6) is 11.5 Å². The smallest absolute Gasteiger partial charge is 0.251 e. The van der Waals surface area contributed by atoms with Crippen molar-refractivity contribution in [1.82, 2.24) is 5.32 Å². The summed E-state index contributed by atoms with van der Waals surface area (Å²) in [5, 5.41) is 2.95. The molecule has 0 spiro atoms. The molecular formula is C17H25NO3. The van der Waals surface area contributed by atoms with Gasteiger partial charge < -0.3 is 14.8 Å². The minimum absolute atomic E-state index is 0.0459. The Hall–Kier alpha value is -1.71. The Morgan fingerprint density at radius 2 is 1.90 bits per heavy atom. The molecule has 1 aliphatic rings. The van der Waals surface area contributed by atoms with Gasteiger partial charge in [-0.2, -0.15) is 0 Å². The second kappa shape index (κ2) is 7.91. The number of rotatable bonds is 8. The van der Waals surface area contributed by atoms with E-state index in [2.05, 4.69) is 19.2 Å². The van der Waals surface area contributed by atoms with Gasteiger partial charge in [0.25, 0.3) is 5.91 Å². The van der Waals surface area contributed by atoms with E-state index in [0.717, 1.165) is 18.9 Å². The number of ether oxygens (including phenoxy) is 2. The van der Waals surface area contributed by atoms with Gasteiger partial charge in [-0.3, -0.25) is 4.79 Å². The highest BCUT2D eigenvalue weighted by Crippen LogP contribution is 2.32. The number of amides is 1. The molecule has 0 fully saturated rings. The monoisotopic (exact) mass is 291 g/mol. The van der Waals surface area contributed by atoms with Crippen molar-refractivity contribution in [3.8, 4) is 11.5 Å². The maximum atomic E-state index is 12.0. The minimum atomic E-state index is -0.0459. The fraction of sp³-hybridized carbons (Fsp3) is 0.588. The van der Waals surface area contributed by atoms with Gasteiger partial charge >= 0.3 is 0 Å². The van der Waals surface area contributed by atoms with E-state index in [-0.39, 0.29) is 12.7 Å². The summed E-state index contributed by atoms with van der Waals surface area (Å²) in [7, 11) is 0. The maximum Gasteiger partial charge on any atom is 0.251 e. The summed E-state index contributed by atoms with van der Waals surface area (Å²) in [5.74, 6) is 2.10. The van der Waals surface area contributed by atoms with E-state index in [0.29, 0.717) is 17.1 Å². The molecule has 1 amide bonds. The van der Waals surface area contributed by atoms with Gasteiger partial charge in [0.15, 0.2) is 11.5 Å². The van der Waals surface area contributed by atoms with Crippen LogP contribution in [0.3, 0.4) is 0 Å². The summed E-state index contributed by atoms with van der Waals surface area (Å²) >= 11 is 0. The van der Waals surface area contributed by atoms with Gasteiger partial charge in [0.05, 0.1) is 0 Å². The van der Waals surface area contributed by atoms with Crippen LogP contribution in [-0.2, 0) is 0 Å². The highest BCUT2D eigenvalue weighted by atomic mass is 16.7. The third-order valence-corrected chi connectivity index (χ3v) is 3.63. The molecule has 0 radical (unpaired) electrons. The van der Waals surface area contributed by atoms with E-state index >= 15 is 0 Å². The van der Waals surface area contributed by atoms with Crippen LogP contribution in [0.1, 0.15) is 56.3 Å². The van der Waals surface area contributed by atoms with Gasteiger partial charge in [-0.05, 0) is 30.5 Å². The number of hydrogen-bond donors (Lipinski definition) is 1. The molecule has 4 heteroatoms. The topological polar surface area (TPSA) is 47.6 Å². The van der Waals surface area contributed by atoms with Crippen LogP contribution in [0.2, 0.25) is 0 Å². The number of carbonyl (C=O) groups excluding carboxylic acids is 1. The number of benzene rings is 1. The fourth-order valence-electron chi connectivity index (χ4n) is 2.37. The molecule has 0 atom stereocenters. The van der Waals surface area contributed by atoms with Gasteiger partial charge in [0.2, 0.25) is 6.79 Å². The summed E-state index contributed by atoms with van der Waals surface area (Å²) in [6.07, 6.45) is 6.04. The standard InChI is InChI=1S/C17H25NO3/c1-13(2)7-5-3-4-6-10-18-17(19)14-8-9-15-16(11-14)21-12-20-15/h8-9,11,13H,3-7,10,12H2,1-2H3,(H,18,19). The first-order chi connectivity index (χ1) is 10.2. The quantitative estimate of drug-likeness (QED) is 0.742. The second-order valence-corrected chi connectivity index (χ2v) is 5.92. The van der Waals surface area contributed by atoms with E-state index in [1.54, 1.807) is 18.2 Å². The molecule has 0 aromatic heterocycles. The van der Waals surface area contributed by atoms with Crippen LogP contribution in [-0.4, -0.2) is 19.2 Å². The molecule has 116 valence electrons. The van der Waals surface area contributed by atoms with Crippen molar-refractivity contribution >= 4 is 5.91 Å². The second-order valence-electron chi connectivity index (χ2n) is 5.92. The van der Waals surface area contributed by atoms with E-state index in [1.807, 2.05) is 0 Å². The Morgan fingerprint density at radius 3 is 2.71 bits per heavy atom. The third kappa shape index (κ3) is 4.96. The van der Waals surface area contributed by atoms with Crippen molar-refractivity contribution in [1.29, 1.82) is 0 Å². The first-order valence-electron chi connectivity index (χ1n) is 7.84. The van der Waals surface area contributed by atoms with Crippen molar-refractivity contribution in [3.63, 3.8) is 0 Å². The predicted octanol–water partition coefficient (Wildman–Crippen LogP) is 3.75. The SMILES string of the molecule is CC(C)CCCCCCNC(=O)c1ccc2c(c1)OCO2. The zero-order valence-corrected chi connectivity index (χ0v) is 13.0. The molecule has 1 aromatic carbocycles. The maximum absolute atomic E-state index is 12.0. The summed E-state index contributed by atoms with van der Waals surface area (Å²) < 4.78 is 10.5. The van der Waals surface area contributed by atoms with Crippen molar-refractivity contribution in [3.05, 3.63) is 23.8 Å². The summed E-state index contributed by atoms with van der Waals surface area (Å²) in [5.41, 5.74) is 0.624. The number of nitrogens with one attached hydrogen (secondary N) is 1. The molecule has 1 aliphatic heterocycles. The summed E-state index contributed by atoms with van der Waals surface area (Å²) in [4.78, 5) is 12.0. The van der Waals surface area contributed by atoms with Crippen LogP contribution in [0.25, 0.3) is 0 Å². The molecule has 1 N–H and O–H groups in total. The molecular weight excluding hydrogens is 266 g/mol. The van der Waals surface area contributed by atoms with Crippen LogP contribution < -0.4 is 14.8 Å². The fourth-order valence-corrected chi connectivity index (χ4v) is 2.37. The molecule has 4 nitrogen and oxygen atoms in total.